The van der Waals surface area contributed by atoms with Crippen LogP contribution in [0.4, 0.5) is 0 Å². The summed E-state index contributed by atoms with van der Waals surface area (Å²) in [6.07, 6.45) is 2.40. The third-order valence-electron chi connectivity index (χ3n) is 5.94. The fraction of sp³-hybridized carbons (Fsp3) is 0.480. The van der Waals surface area contributed by atoms with Gasteiger partial charge in [-0.05, 0) is 63.0 Å². The summed E-state index contributed by atoms with van der Waals surface area (Å²) in [5.41, 5.74) is 2.46. The molecule has 0 saturated carbocycles. The van der Waals surface area contributed by atoms with Crippen molar-refractivity contribution >= 4 is 5.96 Å². The number of benzene rings is 2. The molecule has 2 unspecified atom stereocenters. The molecular weight excluding hydrogens is 388 g/mol. The molecule has 0 spiro atoms. The number of rotatable bonds is 8. The van der Waals surface area contributed by atoms with Gasteiger partial charge in [-0.25, -0.2) is 0 Å². The largest absolute Gasteiger partial charge is 0.497 e. The van der Waals surface area contributed by atoms with Crippen molar-refractivity contribution in [1.82, 2.24) is 15.5 Å². The smallest absolute Gasteiger partial charge is 0.191 e. The third kappa shape index (κ3) is 6.14. The van der Waals surface area contributed by atoms with Gasteiger partial charge in [0.25, 0.3) is 0 Å². The number of para-hydroxylation sites is 1. The van der Waals surface area contributed by atoms with Gasteiger partial charge >= 0.3 is 0 Å². The first-order valence-electron chi connectivity index (χ1n) is 11.2. The number of likely N-dealkylation sites (tertiary alicyclic amines) is 1. The highest BCUT2D eigenvalue weighted by Gasteiger charge is 2.30. The molecule has 1 aliphatic heterocycles. The average molecular weight is 425 g/mol. The van der Waals surface area contributed by atoms with Crippen LogP contribution >= 0.6 is 0 Å². The summed E-state index contributed by atoms with van der Waals surface area (Å²) >= 11 is 0. The Hall–Kier alpha value is -2.73. The maximum atomic E-state index is 5.73. The maximum absolute atomic E-state index is 5.73. The van der Waals surface area contributed by atoms with Crippen LogP contribution in [0, 0.1) is 5.92 Å². The minimum Gasteiger partial charge on any atom is -0.497 e. The van der Waals surface area contributed by atoms with E-state index in [-0.39, 0.29) is 0 Å². The molecule has 3 rings (SSSR count). The summed E-state index contributed by atoms with van der Waals surface area (Å²) in [5.74, 6) is 3.13. The number of methoxy groups -OCH3 is 1. The van der Waals surface area contributed by atoms with E-state index in [1.165, 1.54) is 18.4 Å². The molecule has 1 heterocycles. The quantitative estimate of drug-likeness (QED) is 0.498. The number of aliphatic imine (C=N–C) groups is 1. The van der Waals surface area contributed by atoms with Gasteiger partial charge in [-0.15, -0.1) is 0 Å². The Balaban J connectivity index is 1.61. The molecule has 6 heteroatoms. The standard InChI is InChI=1S/C25H36N4O2/c1-5-31-23-11-7-6-9-20(23)17-27-25(26-2)28-18-21-10-8-16-29(3)24(21)19-12-14-22(30-4)15-13-19/h6-7,9,11-15,21,24H,5,8,10,16-18H2,1-4H3,(H2,26,27,28). The van der Waals surface area contributed by atoms with Crippen LogP contribution in [-0.4, -0.2) is 51.8 Å². The van der Waals surface area contributed by atoms with Crippen molar-refractivity contribution in [2.24, 2.45) is 10.9 Å². The highest BCUT2D eigenvalue weighted by Crippen LogP contribution is 2.35. The number of hydrogen-bond acceptors (Lipinski definition) is 4. The number of ether oxygens (including phenoxy) is 2. The molecule has 1 aliphatic rings. The minimum absolute atomic E-state index is 0.379. The van der Waals surface area contributed by atoms with Crippen molar-refractivity contribution in [2.75, 3.05) is 40.9 Å². The summed E-state index contributed by atoms with van der Waals surface area (Å²) in [5, 5.41) is 6.98. The summed E-state index contributed by atoms with van der Waals surface area (Å²) in [7, 11) is 5.75. The van der Waals surface area contributed by atoms with Crippen molar-refractivity contribution in [1.29, 1.82) is 0 Å². The Kier molecular flexibility index (Phi) is 8.59. The van der Waals surface area contributed by atoms with Crippen LogP contribution in [0.1, 0.15) is 36.9 Å². The zero-order chi connectivity index (χ0) is 22.1. The summed E-state index contributed by atoms with van der Waals surface area (Å²) in [4.78, 5) is 6.89. The van der Waals surface area contributed by atoms with Crippen LogP contribution in [0.5, 0.6) is 11.5 Å². The van der Waals surface area contributed by atoms with E-state index in [1.807, 2.05) is 32.2 Å². The summed E-state index contributed by atoms with van der Waals surface area (Å²) < 4.78 is 11.1. The summed E-state index contributed by atoms with van der Waals surface area (Å²) in [6, 6.07) is 17.0. The highest BCUT2D eigenvalue weighted by atomic mass is 16.5. The zero-order valence-corrected chi connectivity index (χ0v) is 19.2. The molecule has 1 fully saturated rings. The molecule has 0 radical (unpaired) electrons. The Bertz CT molecular complexity index is 838. The molecule has 0 aliphatic carbocycles. The number of nitrogens with zero attached hydrogens (tertiary/aromatic N) is 2. The van der Waals surface area contributed by atoms with Gasteiger partial charge in [0.05, 0.1) is 13.7 Å². The fourth-order valence-corrected chi connectivity index (χ4v) is 4.37. The lowest BCUT2D eigenvalue weighted by molar-refractivity contribution is 0.122. The Morgan fingerprint density at radius 1 is 1.13 bits per heavy atom. The van der Waals surface area contributed by atoms with Crippen molar-refractivity contribution in [3.63, 3.8) is 0 Å². The van der Waals surface area contributed by atoms with Crippen molar-refractivity contribution in [2.45, 2.75) is 32.4 Å². The molecule has 0 aromatic heterocycles. The van der Waals surface area contributed by atoms with Crippen LogP contribution in [0.3, 0.4) is 0 Å². The molecule has 6 nitrogen and oxygen atoms in total. The SMILES string of the molecule is CCOc1ccccc1CNC(=NC)NCC1CCCN(C)C1c1ccc(OC)cc1. The molecule has 168 valence electrons. The molecule has 2 aromatic rings. The lowest BCUT2D eigenvalue weighted by atomic mass is 9.85. The molecular formula is C25H36N4O2. The van der Waals surface area contributed by atoms with Gasteiger partial charge in [0, 0.05) is 31.7 Å². The van der Waals surface area contributed by atoms with E-state index in [0.717, 1.165) is 36.1 Å². The maximum Gasteiger partial charge on any atom is 0.191 e. The molecule has 2 aromatic carbocycles. The molecule has 0 amide bonds. The van der Waals surface area contributed by atoms with Crippen LogP contribution in [-0.2, 0) is 6.54 Å². The first-order valence-corrected chi connectivity index (χ1v) is 11.2. The number of piperidine rings is 1. The van der Waals surface area contributed by atoms with Gasteiger partial charge in [0.2, 0.25) is 0 Å². The number of guanidine groups is 1. The van der Waals surface area contributed by atoms with Gasteiger partial charge in [0.15, 0.2) is 5.96 Å². The van der Waals surface area contributed by atoms with Crippen LogP contribution < -0.4 is 20.1 Å². The van der Waals surface area contributed by atoms with Crippen molar-refractivity contribution in [3.05, 3.63) is 59.7 Å². The monoisotopic (exact) mass is 424 g/mol. The van der Waals surface area contributed by atoms with Gasteiger partial charge in [-0.2, -0.15) is 0 Å². The molecule has 2 atom stereocenters. The lowest BCUT2D eigenvalue weighted by Gasteiger charge is -2.40. The van der Waals surface area contributed by atoms with Crippen molar-refractivity contribution < 1.29 is 9.47 Å². The molecule has 0 bridgehead atoms. The summed E-state index contributed by atoms with van der Waals surface area (Å²) in [6.45, 7) is 5.32. The van der Waals surface area contributed by atoms with Gasteiger partial charge in [-0.3, -0.25) is 9.89 Å². The van der Waals surface area contributed by atoms with Crippen LogP contribution in [0.15, 0.2) is 53.5 Å². The molecule has 1 saturated heterocycles. The molecule has 31 heavy (non-hydrogen) atoms. The Morgan fingerprint density at radius 2 is 1.90 bits per heavy atom. The highest BCUT2D eigenvalue weighted by molar-refractivity contribution is 5.79. The number of nitrogens with one attached hydrogen (secondary N) is 2. The van der Waals surface area contributed by atoms with Gasteiger partial charge in [0.1, 0.15) is 11.5 Å². The zero-order valence-electron chi connectivity index (χ0n) is 19.2. The third-order valence-corrected chi connectivity index (χ3v) is 5.94. The van der Waals surface area contributed by atoms with E-state index in [2.05, 4.69) is 57.9 Å². The van der Waals surface area contributed by atoms with E-state index in [0.29, 0.717) is 25.1 Å². The normalized spacial score (nSPS) is 19.7. The number of hydrogen-bond donors (Lipinski definition) is 2. The van der Waals surface area contributed by atoms with E-state index in [1.54, 1.807) is 7.11 Å². The fourth-order valence-electron chi connectivity index (χ4n) is 4.37. The van der Waals surface area contributed by atoms with Crippen molar-refractivity contribution in [3.8, 4) is 11.5 Å². The topological polar surface area (TPSA) is 58.1 Å². The first kappa shape index (κ1) is 22.9. The Labute approximate surface area is 186 Å². The van der Waals surface area contributed by atoms with E-state index >= 15 is 0 Å². The minimum atomic E-state index is 0.379. The predicted molar refractivity (Wildman–Crippen MR) is 127 cm³/mol. The van der Waals surface area contributed by atoms with E-state index in [9.17, 15) is 0 Å². The van der Waals surface area contributed by atoms with Gasteiger partial charge in [-0.1, -0.05) is 30.3 Å². The van der Waals surface area contributed by atoms with Crippen LogP contribution in [0.2, 0.25) is 0 Å². The van der Waals surface area contributed by atoms with E-state index < -0.39 is 0 Å². The second-order valence-corrected chi connectivity index (χ2v) is 7.95. The molecule has 2 N–H and O–H groups in total. The van der Waals surface area contributed by atoms with E-state index in [4.69, 9.17) is 9.47 Å². The van der Waals surface area contributed by atoms with Gasteiger partial charge < -0.3 is 20.1 Å². The second kappa shape index (κ2) is 11.6. The lowest BCUT2D eigenvalue weighted by Crippen LogP contribution is -2.44. The predicted octanol–water partition coefficient (Wildman–Crippen LogP) is 3.84. The second-order valence-electron chi connectivity index (χ2n) is 7.95. The Morgan fingerprint density at radius 3 is 2.61 bits per heavy atom. The average Bonchev–Trinajstić information content (AvgIpc) is 2.80. The first-order chi connectivity index (χ1) is 15.2. The van der Waals surface area contributed by atoms with Crippen LogP contribution in [0.25, 0.3) is 0 Å².